The van der Waals surface area contributed by atoms with Gasteiger partial charge < -0.3 is 5.73 Å². The maximum Gasteiger partial charge on any atom is 0.218 e. The second-order valence-corrected chi connectivity index (χ2v) is 7.07. The fourth-order valence-corrected chi connectivity index (χ4v) is 3.82. The van der Waals surface area contributed by atoms with E-state index in [4.69, 9.17) is 5.73 Å². The van der Waals surface area contributed by atoms with Crippen LogP contribution in [0.15, 0.2) is 35.2 Å². The molecule has 0 aromatic heterocycles. The standard InChI is InChI=1S/C12H16N2O2S2/c1-17-12-6-7-14(8-12)18(15,16)9-10-2-4-11(13)5-3-10/h2-6H,7-9,13H2,1H3. The molecular formula is C12H16N2O2S2. The Balaban J connectivity index is 2.07. The molecule has 18 heavy (non-hydrogen) atoms. The van der Waals surface area contributed by atoms with Crippen LogP contribution < -0.4 is 5.73 Å². The zero-order valence-electron chi connectivity index (χ0n) is 10.2. The molecule has 0 spiro atoms. The van der Waals surface area contributed by atoms with E-state index in [-0.39, 0.29) is 5.75 Å². The molecule has 1 aliphatic heterocycles. The van der Waals surface area contributed by atoms with Crippen LogP contribution in [0.2, 0.25) is 0 Å². The summed E-state index contributed by atoms with van der Waals surface area (Å²) in [6.07, 6.45) is 3.92. The molecule has 0 fully saturated rings. The molecule has 98 valence electrons. The summed E-state index contributed by atoms with van der Waals surface area (Å²) in [4.78, 5) is 1.11. The van der Waals surface area contributed by atoms with Crippen molar-refractivity contribution in [2.75, 3.05) is 25.1 Å². The molecule has 1 aromatic rings. The molecule has 1 aromatic carbocycles. The summed E-state index contributed by atoms with van der Waals surface area (Å²) in [7, 11) is -3.24. The largest absolute Gasteiger partial charge is 0.399 e. The molecule has 0 saturated carbocycles. The van der Waals surface area contributed by atoms with Crippen molar-refractivity contribution in [3.05, 3.63) is 40.8 Å². The van der Waals surface area contributed by atoms with Crippen molar-refractivity contribution < 1.29 is 8.42 Å². The summed E-state index contributed by atoms with van der Waals surface area (Å²) in [6, 6.07) is 6.96. The van der Waals surface area contributed by atoms with Crippen LogP contribution in [-0.4, -0.2) is 32.1 Å². The molecule has 0 radical (unpaired) electrons. The van der Waals surface area contributed by atoms with Crippen molar-refractivity contribution in [3.63, 3.8) is 0 Å². The first-order valence-electron chi connectivity index (χ1n) is 5.56. The molecule has 2 rings (SSSR count). The predicted octanol–water partition coefficient (Wildman–Crippen LogP) is 1.66. The third-order valence-corrected chi connectivity index (χ3v) is 5.42. The van der Waals surface area contributed by atoms with Gasteiger partial charge in [0.05, 0.1) is 5.75 Å². The molecule has 1 heterocycles. The van der Waals surface area contributed by atoms with Crippen molar-refractivity contribution in [2.24, 2.45) is 0 Å². The second-order valence-electron chi connectivity index (χ2n) is 4.16. The van der Waals surface area contributed by atoms with E-state index in [0.717, 1.165) is 10.5 Å². The molecule has 2 N–H and O–H groups in total. The lowest BCUT2D eigenvalue weighted by Gasteiger charge is -2.16. The Kier molecular flexibility index (Phi) is 3.99. The third kappa shape index (κ3) is 3.07. The Morgan fingerprint density at radius 1 is 1.33 bits per heavy atom. The van der Waals surface area contributed by atoms with Gasteiger partial charge in [0.2, 0.25) is 10.0 Å². The van der Waals surface area contributed by atoms with Gasteiger partial charge in [0.25, 0.3) is 0 Å². The van der Waals surface area contributed by atoms with Gasteiger partial charge in [-0.15, -0.1) is 11.8 Å². The number of sulfonamides is 1. The van der Waals surface area contributed by atoms with Gasteiger partial charge in [-0.1, -0.05) is 18.2 Å². The number of anilines is 1. The Labute approximate surface area is 112 Å². The Hall–Kier alpha value is -0.980. The molecule has 1 aliphatic rings. The summed E-state index contributed by atoms with van der Waals surface area (Å²) in [5.74, 6) is 0.0305. The lowest BCUT2D eigenvalue weighted by molar-refractivity contribution is 0.486. The monoisotopic (exact) mass is 284 g/mol. The lowest BCUT2D eigenvalue weighted by Crippen LogP contribution is -2.30. The minimum Gasteiger partial charge on any atom is -0.399 e. The van der Waals surface area contributed by atoms with Crippen molar-refractivity contribution in [2.45, 2.75) is 5.75 Å². The van der Waals surface area contributed by atoms with Crippen LogP contribution in [0, 0.1) is 0 Å². The summed E-state index contributed by atoms with van der Waals surface area (Å²) < 4.78 is 25.9. The third-order valence-electron chi connectivity index (χ3n) is 2.84. The molecule has 0 aliphatic carbocycles. The maximum absolute atomic E-state index is 12.2. The number of hydrogen-bond donors (Lipinski definition) is 1. The molecule has 0 saturated heterocycles. The highest BCUT2D eigenvalue weighted by molar-refractivity contribution is 8.02. The zero-order chi connectivity index (χ0) is 13.2. The fourth-order valence-electron chi connectivity index (χ4n) is 1.78. The van der Waals surface area contributed by atoms with Crippen molar-refractivity contribution in [1.29, 1.82) is 0 Å². The highest BCUT2D eigenvalue weighted by atomic mass is 32.2. The molecule has 0 bridgehead atoms. The number of hydrogen-bond acceptors (Lipinski definition) is 4. The average molecular weight is 284 g/mol. The van der Waals surface area contributed by atoms with Crippen molar-refractivity contribution in [3.8, 4) is 0 Å². The highest BCUT2D eigenvalue weighted by Crippen LogP contribution is 2.23. The summed E-state index contributed by atoms with van der Waals surface area (Å²) in [5, 5.41) is 0. The van der Waals surface area contributed by atoms with Gasteiger partial charge in [0.1, 0.15) is 0 Å². The van der Waals surface area contributed by atoms with E-state index < -0.39 is 10.0 Å². The van der Waals surface area contributed by atoms with Crippen LogP contribution in [0.5, 0.6) is 0 Å². The van der Waals surface area contributed by atoms with Crippen LogP contribution >= 0.6 is 11.8 Å². The molecule has 0 amide bonds. The van der Waals surface area contributed by atoms with E-state index in [0.29, 0.717) is 18.8 Å². The van der Waals surface area contributed by atoms with Crippen molar-refractivity contribution in [1.82, 2.24) is 4.31 Å². The number of thioether (sulfide) groups is 1. The SMILES string of the molecule is CSC1=CCN(S(=O)(=O)Cc2ccc(N)cc2)C1. The van der Waals surface area contributed by atoms with Gasteiger partial charge in [-0.05, 0) is 28.9 Å². The number of nitrogens with two attached hydrogens (primary N) is 1. The van der Waals surface area contributed by atoms with E-state index in [1.807, 2.05) is 12.3 Å². The lowest BCUT2D eigenvalue weighted by atomic mass is 10.2. The maximum atomic E-state index is 12.2. The number of nitrogen functional groups attached to an aromatic ring is 1. The first kappa shape index (κ1) is 13.5. The summed E-state index contributed by atoms with van der Waals surface area (Å²) >= 11 is 1.60. The topological polar surface area (TPSA) is 63.4 Å². The smallest absolute Gasteiger partial charge is 0.218 e. The van der Waals surface area contributed by atoms with Crippen LogP contribution in [0.4, 0.5) is 5.69 Å². The van der Waals surface area contributed by atoms with Gasteiger partial charge in [-0.2, -0.15) is 4.31 Å². The van der Waals surface area contributed by atoms with Crippen LogP contribution in [0.3, 0.4) is 0 Å². The number of rotatable bonds is 4. The highest BCUT2D eigenvalue weighted by Gasteiger charge is 2.26. The van der Waals surface area contributed by atoms with E-state index in [1.165, 1.54) is 4.31 Å². The molecule has 0 unspecified atom stereocenters. The van der Waals surface area contributed by atoms with Gasteiger partial charge in [0, 0.05) is 18.8 Å². The first-order chi connectivity index (χ1) is 8.51. The molecule has 6 heteroatoms. The van der Waals surface area contributed by atoms with Gasteiger partial charge in [-0.25, -0.2) is 8.42 Å². The minimum atomic E-state index is -3.24. The van der Waals surface area contributed by atoms with Gasteiger partial charge >= 0.3 is 0 Å². The normalized spacial score (nSPS) is 16.8. The van der Waals surface area contributed by atoms with E-state index in [2.05, 4.69) is 0 Å². The second kappa shape index (κ2) is 5.34. The fraction of sp³-hybridized carbons (Fsp3) is 0.333. The number of nitrogens with zero attached hydrogens (tertiary/aromatic N) is 1. The summed E-state index contributed by atoms with van der Waals surface area (Å²) in [5.41, 5.74) is 6.99. The molecular weight excluding hydrogens is 268 g/mol. The number of benzene rings is 1. The van der Waals surface area contributed by atoms with E-state index in [9.17, 15) is 8.42 Å². The van der Waals surface area contributed by atoms with E-state index >= 15 is 0 Å². The van der Waals surface area contributed by atoms with Gasteiger partial charge in [0.15, 0.2) is 0 Å². The summed E-state index contributed by atoms with van der Waals surface area (Å²) in [6.45, 7) is 0.978. The predicted molar refractivity (Wildman–Crippen MR) is 76.6 cm³/mol. The zero-order valence-corrected chi connectivity index (χ0v) is 11.8. The van der Waals surface area contributed by atoms with Crippen LogP contribution in [0.25, 0.3) is 0 Å². The minimum absolute atomic E-state index is 0.0305. The van der Waals surface area contributed by atoms with Crippen LogP contribution in [0.1, 0.15) is 5.56 Å². The molecule has 4 nitrogen and oxygen atoms in total. The quantitative estimate of drug-likeness (QED) is 0.854. The Morgan fingerprint density at radius 2 is 2.00 bits per heavy atom. The van der Waals surface area contributed by atoms with Gasteiger partial charge in [-0.3, -0.25) is 0 Å². The van der Waals surface area contributed by atoms with Crippen molar-refractivity contribution >= 4 is 27.5 Å². The van der Waals surface area contributed by atoms with Crippen LogP contribution in [-0.2, 0) is 15.8 Å². The Bertz CT molecular complexity index is 550. The van der Waals surface area contributed by atoms with E-state index in [1.54, 1.807) is 36.0 Å². The molecule has 0 atom stereocenters. The first-order valence-corrected chi connectivity index (χ1v) is 8.40. The Morgan fingerprint density at radius 3 is 2.56 bits per heavy atom. The average Bonchev–Trinajstić information content (AvgIpc) is 2.81.